The third-order valence-corrected chi connectivity index (χ3v) is 3.98. The SMILES string of the molecule is Cc1c(N(C)Cc2nccn2C)nn2c(C(F)(F)F)nnc2c1C. The number of imidazole rings is 1. The number of fused-ring (bicyclic) bond motifs is 1. The van der Waals surface area contributed by atoms with Gasteiger partial charge in [-0.15, -0.1) is 15.3 Å². The molecule has 0 amide bonds. The first kappa shape index (κ1) is 16.2. The number of aryl methyl sites for hydroxylation is 2. The summed E-state index contributed by atoms with van der Waals surface area (Å²) in [4.78, 5) is 5.98. The van der Waals surface area contributed by atoms with E-state index in [9.17, 15) is 13.2 Å². The maximum absolute atomic E-state index is 13.1. The minimum Gasteiger partial charge on any atom is -0.351 e. The van der Waals surface area contributed by atoms with Crippen LogP contribution < -0.4 is 4.90 Å². The first-order chi connectivity index (χ1) is 11.2. The van der Waals surface area contributed by atoms with E-state index >= 15 is 0 Å². The number of rotatable bonds is 3. The van der Waals surface area contributed by atoms with Crippen molar-refractivity contribution in [3.05, 3.63) is 35.2 Å². The van der Waals surface area contributed by atoms with Crippen LogP contribution in [0.2, 0.25) is 0 Å². The summed E-state index contributed by atoms with van der Waals surface area (Å²) in [5, 5.41) is 11.0. The molecule has 3 rings (SSSR count). The molecule has 0 radical (unpaired) electrons. The summed E-state index contributed by atoms with van der Waals surface area (Å²) in [6.07, 6.45) is -1.15. The van der Waals surface area contributed by atoms with Crippen molar-refractivity contribution in [3.63, 3.8) is 0 Å². The van der Waals surface area contributed by atoms with Crippen LogP contribution in [0.25, 0.3) is 5.65 Å². The molecular formula is C14H16F3N7. The van der Waals surface area contributed by atoms with E-state index in [2.05, 4.69) is 20.3 Å². The molecule has 3 aromatic rings. The summed E-state index contributed by atoms with van der Waals surface area (Å²) in [7, 11) is 3.61. The summed E-state index contributed by atoms with van der Waals surface area (Å²) < 4.78 is 41.9. The van der Waals surface area contributed by atoms with E-state index < -0.39 is 12.0 Å². The van der Waals surface area contributed by atoms with Gasteiger partial charge >= 0.3 is 6.18 Å². The average Bonchev–Trinajstić information content (AvgIpc) is 3.09. The average molecular weight is 339 g/mol. The van der Waals surface area contributed by atoms with Crippen LogP contribution in [0.1, 0.15) is 22.8 Å². The van der Waals surface area contributed by atoms with Crippen LogP contribution in [0, 0.1) is 13.8 Å². The van der Waals surface area contributed by atoms with Crippen LogP contribution in [-0.2, 0) is 19.8 Å². The fourth-order valence-corrected chi connectivity index (χ4v) is 2.49. The molecule has 0 fully saturated rings. The normalized spacial score (nSPS) is 12.1. The molecule has 0 aromatic carbocycles. The summed E-state index contributed by atoms with van der Waals surface area (Å²) >= 11 is 0. The van der Waals surface area contributed by atoms with Crippen molar-refractivity contribution in [1.82, 2.24) is 29.4 Å². The molecule has 0 spiro atoms. The minimum absolute atomic E-state index is 0.106. The van der Waals surface area contributed by atoms with Crippen LogP contribution in [0.3, 0.4) is 0 Å². The lowest BCUT2D eigenvalue weighted by atomic mass is 10.2. The van der Waals surface area contributed by atoms with Gasteiger partial charge in [0.25, 0.3) is 5.82 Å². The van der Waals surface area contributed by atoms with Gasteiger partial charge in [0.2, 0.25) is 0 Å². The van der Waals surface area contributed by atoms with Gasteiger partial charge in [-0.1, -0.05) is 0 Å². The van der Waals surface area contributed by atoms with Crippen molar-refractivity contribution in [2.75, 3.05) is 11.9 Å². The van der Waals surface area contributed by atoms with Crippen molar-refractivity contribution in [3.8, 4) is 0 Å². The number of alkyl halides is 3. The molecule has 3 heterocycles. The van der Waals surface area contributed by atoms with Crippen LogP contribution >= 0.6 is 0 Å². The van der Waals surface area contributed by atoms with Crippen LogP contribution in [0.15, 0.2) is 12.4 Å². The van der Waals surface area contributed by atoms with Crippen molar-refractivity contribution in [2.24, 2.45) is 7.05 Å². The monoisotopic (exact) mass is 339 g/mol. The van der Waals surface area contributed by atoms with Crippen molar-refractivity contribution in [1.29, 1.82) is 0 Å². The smallest absolute Gasteiger partial charge is 0.351 e. The highest BCUT2D eigenvalue weighted by Gasteiger charge is 2.38. The molecule has 0 bridgehead atoms. The number of nitrogens with zero attached hydrogens (tertiary/aromatic N) is 7. The zero-order chi connectivity index (χ0) is 17.6. The highest BCUT2D eigenvalue weighted by Crippen LogP contribution is 2.30. The van der Waals surface area contributed by atoms with E-state index in [4.69, 9.17) is 0 Å². The highest BCUT2D eigenvalue weighted by molar-refractivity contribution is 5.59. The molecule has 3 aromatic heterocycles. The molecule has 0 saturated carbocycles. The van der Waals surface area contributed by atoms with Crippen LogP contribution in [0.5, 0.6) is 0 Å². The van der Waals surface area contributed by atoms with Gasteiger partial charge in [-0.05, 0) is 13.8 Å². The Balaban J connectivity index is 2.10. The molecule has 128 valence electrons. The standard InChI is InChI=1S/C14H16F3N7/c1-8-9(2)12(23(4)7-10-18-5-6-22(10)3)21-24-11(8)19-20-13(24)14(15,16)17/h5-6H,7H2,1-4H3. The first-order valence-corrected chi connectivity index (χ1v) is 7.17. The third-order valence-electron chi connectivity index (χ3n) is 3.98. The molecule has 0 atom stereocenters. The van der Waals surface area contributed by atoms with Gasteiger partial charge in [0.1, 0.15) is 5.82 Å². The van der Waals surface area contributed by atoms with E-state index in [0.717, 1.165) is 15.9 Å². The quantitative estimate of drug-likeness (QED) is 0.731. The molecule has 0 aliphatic heterocycles. The lowest BCUT2D eigenvalue weighted by Gasteiger charge is -2.21. The second-order valence-corrected chi connectivity index (χ2v) is 5.64. The maximum Gasteiger partial charge on any atom is 0.453 e. The maximum atomic E-state index is 13.1. The van der Waals surface area contributed by atoms with Gasteiger partial charge in [-0.25, -0.2) is 4.98 Å². The van der Waals surface area contributed by atoms with Gasteiger partial charge < -0.3 is 9.47 Å². The Kier molecular flexibility index (Phi) is 3.69. The lowest BCUT2D eigenvalue weighted by molar-refractivity contribution is -0.146. The van der Waals surface area contributed by atoms with Crippen molar-refractivity contribution >= 4 is 11.5 Å². The summed E-state index contributed by atoms with van der Waals surface area (Å²) in [6.45, 7) is 3.92. The Morgan fingerprint density at radius 1 is 1.17 bits per heavy atom. The molecule has 0 aliphatic carbocycles. The molecule has 0 unspecified atom stereocenters. The predicted molar refractivity (Wildman–Crippen MR) is 80.6 cm³/mol. The van der Waals surface area contributed by atoms with Gasteiger partial charge in [-0.2, -0.15) is 17.7 Å². The third kappa shape index (κ3) is 2.57. The topological polar surface area (TPSA) is 64.1 Å². The van der Waals surface area contributed by atoms with Gasteiger partial charge in [-0.3, -0.25) is 0 Å². The van der Waals surface area contributed by atoms with Crippen LogP contribution in [0.4, 0.5) is 19.0 Å². The molecule has 7 nitrogen and oxygen atoms in total. The number of hydrogen-bond donors (Lipinski definition) is 0. The molecule has 10 heteroatoms. The Bertz CT molecular complexity index is 894. The van der Waals surface area contributed by atoms with E-state index in [1.165, 1.54) is 0 Å². The van der Waals surface area contributed by atoms with Crippen LogP contribution in [-0.4, -0.2) is 36.4 Å². The molecule has 24 heavy (non-hydrogen) atoms. The van der Waals surface area contributed by atoms with Gasteiger partial charge in [0.15, 0.2) is 11.5 Å². The molecular weight excluding hydrogens is 323 g/mol. The number of halogens is 3. The zero-order valence-corrected chi connectivity index (χ0v) is 13.6. The fraction of sp³-hybridized carbons (Fsp3) is 0.429. The Morgan fingerprint density at radius 2 is 1.88 bits per heavy atom. The van der Waals surface area contributed by atoms with Gasteiger partial charge in [0, 0.05) is 37.6 Å². The second-order valence-electron chi connectivity index (χ2n) is 5.64. The van der Waals surface area contributed by atoms with Crippen molar-refractivity contribution < 1.29 is 13.2 Å². The lowest BCUT2D eigenvalue weighted by Crippen LogP contribution is -2.23. The van der Waals surface area contributed by atoms with E-state index in [0.29, 0.717) is 17.9 Å². The Labute approximate surface area is 135 Å². The molecule has 0 saturated heterocycles. The molecule has 0 N–H and O–H groups in total. The largest absolute Gasteiger partial charge is 0.453 e. The van der Waals surface area contributed by atoms with E-state index in [-0.39, 0.29) is 5.65 Å². The number of anilines is 1. The number of aromatic nitrogens is 6. The highest BCUT2D eigenvalue weighted by atomic mass is 19.4. The van der Waals surface area contributed by atoms with E-state index in [1.54, 1.807) is 38.2 Å². The Hall–Kier alpha value is -2.65. The van der Waals surface area contributed by atoms with Crippen molar-refractivity contribution in [2.45, 2.75) is 26.6 Å². The first-order valence-electron chi connectivity index (χ1n) is 7.17. The molecule has 0 aliphatic rings. The summed E-state index contributed by atoms with van der Waals surface area (Å²) in [6, 6.07) is 0. The fourth-order valence-electron chi connectivity index (χ4n) is 2.49. The zero-order valence-electron chi connectivity index (χ0n) is 13.6. The second kappa shape index (κ2) is 5.46. The van der Waals surface area contributed by atoms with Gasteiger partial charge in [0.05, 0.1) is 6.54 Å². The summed E-state index contributed by atoms with van der Waals surface area (Å²) in [5.41, 5.74) is 1.46. The predicted octanol–water partition coefficient (Wildman–Crippen LogP) is 2.13. The number of hydrogen-bond acceptors (Lipinski definition) is 5. The summed E-state index contributed by atoms with van der Waals surface area (Å²) in [5.74, 6) is 0.0665. The Morgan fingerprint density at radius 3 is 2.46 bits per heavy atom. The minimum atomic E-state index is -4.62. The van der Waals surface area contributed by atoms with E-state index in [1.807, 2.05) is 11.6 Å².